The van der Waals surface area contributed by atoms with Crippen molar-refractivity contribution >= 4 is 27.5 Å². The SMILES string of the molecule is CCN(CC)C(=NS(=O)(=O)c1ccc(Cl)cc1)c1ccccc1. The van der Waals surface area contributed by atoms with Crippen molar-refractivity contribution < 1.29 is 8.42 Å². The second-order valence-electron chi connectivity index (χ2n) is 4.88. The minimum absolute atomic E-state index is 0.127. The van der Waals surface area contributed by atoms with Gasteiger partial charge in [0.2, 0.25) is 0 Å². The quantitative estimate of drug-likeness (QED) is 0.608. The standard InChI is InChI=1S/C17H19ClN2O2S/c1-3-20(4-2)17(14-8-6-5-7-9-14)19-23(21,22)16-12-10-15(18)11-13-16/h5-13H,3-4H2,1-2H3. The Kier molecular flexibility index (Phi) is 5.80. The fraction of sp³-hybridized carbons (Fsp3) is 0.235. The van der Waals surface area contributed by atoms with Crippen LogP contribution in [0.4, 0.5) is 0 Å². The van der Waals surface area contributed by atoms with Crippen molar-refractivity contribution in [1.29, 1.82) is 0 Å². The number of amidine groups is 1. The molecule has 0 aromatic heterocycles. The lowest BCUT2D eigenvalue weighted by atomic mass is 10.2. The first-order chi connectivity index (χ1) is 11.0. The minimum Gasteiger partial charge on any atom is -0.356 e. The maximum absolute atomic E-state index is 12.6. The molecule has 2 aromatic carbocycles. The molecule has 0 unspecified atom stereocenters. The molecule has 0 atom stereocenters. The number of halogens is 1. The largest absolute Gasteiger partial charge is 0.356 e. The molecule has 0 spiro atoms. The van der Waals surface area contributed by atoms with Crippen LogP contribution in [0.1, 0.15) is 19.4 Å². The molecular formula is C17H19ClN2O2S. The zero-order chi connectivity index (χ0) is 16.9. The van der Waals surface area contributed by atoms with E-state index in [0.29, 0.717) is 23.9 Å². The maximum atomic E-state index is 12.6. The predicted octanol–water partition coefficient (Wildman–Crippen LogP) is 3.82. The highest BCUT2D eigenvalue weighted by atomic mass is 35.5. The van der Waals surface area contributed by atoms with Crippen LogP contribution in [0.25, 0.3) is 0 Å². The van der Waals surface area contributed by atoms with E-state index in [-0.39, 0.29) is 4.90 Å². The zero-order valence-electron chi connectivity index (χ0n) is 13.1. The van der Waals surface area contributed by atoms with Crippen molar-refractivity contribution in [3.8, 4) is 0 Å². The molecule has 122 valence electrons. The second kappa shape index (κ2) is 7.62. The van der Waals surface area contributed by atoms with Gasteiger partial charge in [0.05, 0.1) is 4.90 Å². The van der Waals surface area contributed by atoms with Gasteiger partial charge in [0.25, 0.3) is 10.0 Å². The van der Waals surface area contributed by atoms with E-state index in [0.717, 1.165) is 5.56 Å². The summed E-state index contributed by atoms with van der Waals surface area (Å²) in [6.07, 6.45) is 0. The van der Waals surface area contributed by atoms with Gasteiger partial charge in [-0.05, 0) is 38.1 Å². The smallest absolute Gasteiger partial charge is 0.284 e. The maximum Gasteiger partial charge on any atom is 0.284 e. The number of rotatable bonds is 5. The van der Waals surface area contributed by atoms with Gasteiger partial charge in [-0.15, -0.1) is 4.40 Å². The summed E-state index contributed by atoms with van der Waals surface area (Å²) in [5.41, 5.74) is 0.772. The number of hydrogen-bond donors (Lipinski definition) is 0. The fourth-order valence-corrected chi connectivity index (χ4v) is 3.34. The van der Waals surface area contributed by atoms with Gasteiger partial charge in [0.15, 0.2) is 0 Å². The highest BCUT2D eigenvalue weighted by Gasteiger charge is 2.18. The molecule has 0 amide bonds. The lowest BCUT2D eigenvalue weighted by molar-refractivity contribution is 0.467. The van der Waals surface area contributed by atoms with Gasteiger partial charge in [-0.25, -0.2) is 0 Å². The van der Waals surface area contributed by atoms with Crippen molar-refractivity contribution in [3.05, 3.63) is 65.2 Å². The van der Waals surface area contributed by atoms with Crippen LogP contribution in [0.15, 0.2) is 63.9 Å². The van der Waals surface area contributed by atoms with Crippen molar-refractivity contribution in [2.45, 2.75) is 18.7 Å². The van der Waals surface area contributed by atoms with Gasteiger partial charge in [-0.1, -0.05) is 41.9 Å². The van der Waals surface area contributed by atoms with Crippen molar-refractivity contribution in [2.24, 2.45) is 4.40 Å². The van der Waals surface area contributed by atoms with E-state index in [4.69, 9.17) is 11.6 Å². The van der Waals surface area contributed by atoms with Crippen LogP contribution in [0, 0.1) is 0 Å². The van der Waals surface area contributed by atoms with Crippen LogP contribution in [-0.2, 0) is 10.0 Å². The summed E-state index contributed by atoms with van der Waals surface area (Å²) in [4.78, 5) is 2.05. The molecule has 2 rings (SSSR count). The molecule has 0 saturated carbocycles. The highest BCUT2D eigenvalue weighted by molar-refractivity contribution is 7.90. The van der Waals surface area contributed by atoms with Gasteiger partial charge in [-0.2, -0.15) is 8.42 Å². The van der Waals surface area contributed by atoms with Gasteiger partial charge < -0.3 is 4.90 Å². The number of sulfonamides is 1. The predicted molar refractivity (Wildman–Crippen MR) is 94.5 cm³/mol. The first-order valence-corrected chi connectivity index (χ1v) is 9.20. The molecule has 6 heteroatoms. The molecule has 0 aliphatic carbocycles. The molecular weight excluding hydrogens is 332 g/mol. The fourth-order valence-electron chi connectivity index (χ4n) is 2.18. The molecule has 2 aromatic rings. The Bertz CT molecular complexity index is 768. The van der Waals surface area contributed by atoms with Crippen LogP contribution in [0.3, 0.4) is 0 Å². The first kappa shape index (κ1) is 17.5. The van der Waals surface area contributed by atoms with Gasteiger partial charge >= 0.3 is 0 Å². The molecule has 0 aliphatic rings. The van der Waals surface area contributed by atoms with E-state index in [2.05, 4.69) is 4.40 Å². The van der Waals surface area contributed by atoms with Gasteiger partial charge in [0.1, 0.15) is 5.84 Å². The average molecular weight is 351 g/mol. The molecule has 0 saturated heterocycles. The van der Waals surface area contributed by atoms with E-state index in [9.17, 15) is 8.42 Å². The third-order valence-electron chi connectivity index (χ3n) is 3.41. The Morgan fingerprint density at radius 3 is 2.09 bits per heavy atom. The summed E-state index contributed by atoms with van der Waals surface area (Å²) < 4.78 is 29.3. The van der Waals surface area contributed by atoms with Crippen LogP contribution in [0.5, 0.6) is 0 Å². The minimum atomic E-state index is -3.80. The molecule has 0 heterocycles. The third kappa shape index (κ3) is 4.33. The second-order valence-corrected chi connectivity index (χ2v) is 6.92. The summed E-state index contributed by atoms with van der Waals surface area (Å²) in [6, 6.07) is 15.3. The molecule has 0 N–H and O–H groups in total. The molecule has 4 nitrogen and oxygen atoms in total. The van der Waals surface area contributed by atoms with Crippen LogP contribution in [-0.4, -0.2) is 32.2 Å². The summed E-state index contributed by atoms with van der Waals surface area (Å²) in [5, 5.41) is 0.486. The zero-order valence-corrected chi connectivity index (χ0v) is 14.7. The highest BCUT2D eigenvalue weighted by Crippen LogP contribution is 2.18. The summed E-state index contributed by atoms with van der Waals surface area (Å²) in [6.45, 7) is 5.27. The van der Waals surface area contributed by atoms with Gasteiger partial charge in [0, 0.05) is 23.7 Å². The lowest BCUT2D eigenvalue weighted by Crippen LogP contribution is -2.32. The third-order valence-corrected chi connectivity index (χ3v) is 4.95. The molecule has 23 heavy (non-hydrogen) atoms. The van der Waals surface area contributed by atoms with E-state index < -0.39 is 10.0 Å². The Hall–Kier alpha value is -1.85. The monoisotopic (exact) mass is 350 g/mol. The van der Waals surface area contributed by atoms with E-state index in [1.165, 1.54) is 12.1 Å². The summed E-state index contributed by atoms with van der Waals surface area (Å²) >= 11 is 5.82. The Balaban J connectivity index is 2.53. The Labute approximate surface area is 142 Å². The van der Waals surface area contributed by atoms with Crippen molar-refractivity contribution in [1.82, 2.24) is 4.90 Å². The van der Waals surface area contributed by atoms with E-state index >= 15 is 0 Å². The summed E-state index contributed by atoms with van der Waals surface area (Å²) in [7, 11) is -3.80. The lowest BCUT2D eigenvalue weighted by Gasteiger charge is -2.23. The summed E-state index contributed by atoms with van der Waals surface area (Å²) in [5.74, 6) is 0.450. The van der Waals surface area contributed by atoms with Gasteiger partial charge in [-0.3, -0.25) is 0 Å². The van der Waals surface area contributed by atoms with Crippen LogP contribution in [0.2, 0.25) is 5.02 Å². The van der Waals surface area contributed by atoms with E-state index in [1.54, 1.807) is 12.1 Å². The van der Waals surface area contributed by atoms with E-state index in [1.807, 2.05) is 49.1 Å². The Morgan fingerprint density at radius 1 is 1.00 bits per heavy atom. The average Bonchev–Trinajstić information content (AvgIpc) is 2.56. The molecule has 0 fully saturated rings. The number of hydrogen-bond acceptors (Lipinski definition) is 2. The molecule has 0 aliphatic heterocycles. The number of benzene rings is 2. The van der Waals surface area contributed by atoms with Crippen LogP contribution < -0.4 is 0 Å². The van der Waals surface area contributed by atoms with Crippen molar-refractivity contribution in [2.75, 3.05) is 13.1 Å². The number of nitrogens with zero attached hydrogens (tertiary/aromatic N) is 2. The molecule has 0 bridgehead atoms. The normalized spacial score (nSPS) is 12.2. The van der Waals surface area contributed by atoms with Crippen LogP contribution >= 0.6 is 11.6 Å². The first-order valence-electron chi connectivity index (χ1n) is 7.38. The molecule has 0 radical (unpaired) electrons. The van der Waals surface area contributed by atoms with Crippen molar-refractivity contribution in [3.63, 3.8) is 0 Å². The Morgan fingerprint density at radius 2 is 1.57 bits per heavy atom. The topological polar surface area (TPSA) is 49.7 Å².